The Kier molecular flexibility index (Phi) is 4.19. The summed E-state index contributed by atoms with van der Waals surface area (Å²) in [6, 6.07) is 6.59. The van der Waals surface area contributed by atoms with Crippen LogP contribution in [0.25, 0.3) is 21.3 Å². The Labute approximate surface area is 176 Å². The van der Waals surface area contributed by atoms with Crippen molar-refractivity contribution in [3.8, 4) is 17.0 Å². The maximum absolute atomic E-state index is 14.3. The second-order valence-corrected chi connectivity index (χ2v) is 9.27. The first-order valence-electron chi connectivity index (χ1n) is 9.87. The van der Waals surface area contributed by atoms with Crippen LogP contribution in [0.1, 0.15) is 31.0 Å². The summed E-state index contributed by atoms with van der Waals surface area (Å²) in [5, 5.41) is 13.9. The third kappa shape index (κ3) is 2.60. The van der Waals surface area contributed by atoms with Gasteiger partial charge in [-0.15, -0.1) is 11.3 Å². The first-order chi connectivity index (χ1) is 14.3. The number of benzene rings is 1. The number of rotatable bonds is 5. The number of hydrogen-bond acceptors (Lipinski definition) is 6. The molecule has 0 radical (unpaired) electrons. The SMILES string of the molecule is C[C@]1(C(N)=O)COc2c1cc([C@@](O)(CN)C1CC1)nc2-c1csc2c(F)cccc12. The number of aromatic nitrogens is 1. The van der Waals surface area contributed by atoms with Crippen molar-refractivity contribution >= 4 is 27.3 Å². The third-order valence-electron chi connectivity index (χ3n) is 6.43. The van der Waals surface area contributed by atoms with Gasteiger partial charge < -0.3 is 21.3 Å². The van der Waals surface area contributed by atoms with Gasteiger partial charge in [-0.05, 0) is 37.8 Å². The lowest BCUT2D eigenvalue weighted by molar-refractivity contribution is -0.123. The van der Waals surface area contributed by atoms with Gasteiger partial charge in [0.1, 0.15) is 34.9 Å². The van der Waals surface area contributed by atoms with E-state index in [9.17, 15) is 14.3 Å². The highest BCUT2D eigenvalue weighted by atomic mass is 32.1. The average Bonchev–Trinajstić information content (AvgIpc) is 3.41. The molecule has 1 amide bonds. The van der Waals surface area contributed by atoms with Crippen LogP contribution in [0.15, 0.2) is 29.6 Å². The van der Waals surface area contributed by atoms with Gasteiger partial charge in [-0.2, -0.15) is 0 Å². The van der Waals surface area contributed by atoms with Crippen LogP contribution in [0.2, 0.25) is 0 Å². The maximum Gasteiger partial charge on any atom is 0.231 e. The molecule has 1 fully saturated rings. The second kappa shape index (κ2) is 6.47. The fourth-order valence-electron chi connectivity index (χ4n) is 4.24. The first-order valence-corrected chi connectivity index (χ1v) is 10.7. The highest BCUT2D eigenvalue weighted by molar-refractivity contribution is 7.17. The minimum atomic E-state index is -1.30. The van der Waals surface area contributed by atoms with Gasteiger partial charge in [0.05, 0.1) is 10.4 Å². The number of fused-ring (bicyclic) bond motifs is 2. The van der Waals surface area contributed by atoms with Crippen molar-refractivity contribution in [1.29, 1.82) is 0 Å². The second-order valence-electron chi connectivity index (χ2n) is 8.39. The van der Waals surface area contributed by atoms with Gasteiger partial charge in [0.15, 0.2) is 0 Å². The van der Waals surface area contributed by atoms with E-state index in [1.807, 2.05) is 11.4 Å². The molecule has 2 aromatic heterocycles. The molecule has 5 N–H and O–H groups in total. The van der Waals surface area contributed by atoms with Crippen molar-refractivity contribution < 1.29 is 19.0 Å². The Morgan fingerprint density at radius 2 is 2.23 bits per heavy atom. The van der Waals surface area contributed by atoms with Crippen LogP contribution in [0.5, 0.6) is 5.75 Å². The Morgan fingerprint density at radius 1 is 1.47 bits per heavy atom. The summed E-state index contributed by atoms with van der Waals surface area (Å²) in [6.07, 6.45) is 1.72. The van der Waals surface area contributed by atoms with Gasteiger partial charge in [0.25, 0.3) is 0 Å². The molecule has 0 spiro atoms. The highest BCUT2D eigenvalue weighted by Crippen LogP contribution is 2.50. The predicted octanol–water partition coefficient (Wildman–Crippen LogP) is 2.79. The van der Waals surface area contributed by atoms with Gasteiger partial charge in [-0.25, -0.2) is 9.37 Å². The number of carbonyl (C=O) groups excluding carboxylic acids is 1. The normalized spacial score (nSPS) is 22.5. The standard InChI is InChI=1S/C22H22FN3O3S/c1-21(20(25)27)10-29-18-14(21)7-16(22(28,9-24)11-5-6-11)26-17(18)13-8-30-19-12(13)3-2-4-15(19)23/h2-4,7-8,11,28H,5-6,9-10,24H2,1H3,(H2,25,27)/t21-,22+/m0/s1. The third-order valence-corrected chi connectivity index (χ3v) is 7.44. The molecule has 1 aliphatic heterocycles. The molecule has 2 aliphatic rings. The summed E-state index contributed by atoms with van der Waals surface area (Å²) in [4.78, 5) is 17.1. The Balaban J connectivity index is 1.81. The minimum Gasteiger partial charge on any atom is -0.489 e. The number of ether oxygens (including phenoxy) is 1. The van der Waals surface area contributed by atoms with E-state index in [1.54, 1.807) is 19.1 Å². The van der Waals surface area contributed by atoms with Crippen LogP contribution in [-0.2, 0) is 15.8 Å². The largest absolute Gasteiger partial charge is 0.489 e. The highest BCUT2D eigenvalue weighted by Gasteiger charge is 2.49. The van der Waals surface area contributed by atoms with E-state index in [1.165, 1.54) is 17.4 Å². The molecule has 0 saturated heterocycles. The Hall–Kier alpha value is -2.55. The van der Waals surface area contributed by atoms with Crippen molar-refractivity contribution in [2.75, 3.05) is 13.2 Å². The molecular formula is C22H22FN3O3S. The van der Waals surface area contributed by atoms with Crippen LogP contribution < -0.4 is 16.2 Å². The zero-order valence-corrected chi connectivity index (χ0v) is 17.3. The van der Waals surface area contributed by atoms with Crippen molar-refractivity contribution in [1.82, 2.24) is 4.98 Å². The summed E-state index contributed by atoms with van der Waals surface area (Å²) < 4.78 is 20.7. The van der Waals surface area contributed by atoms with Crippen LogP contribution in [0.3, 0.4) is 0 Å². The Bertz CT molecular complexity index is 1190. The molecule has 30 heavy (non-hydrogen) atoms. The lowest BCUT2D eigenvalue weighted by Gasteiger charge is -2.28. The van der Waals surface area contributed by atoms with Crippen molar-refractivity contribution in [3.05, 3.63) is 46.7 Å². The Morgan fingerprint density at radius 3 is 2.90 bits per heavy atom. The molecule has 0 unspecified atom stereocenters. The number of aliphatic hydroxyl groups is 1. The van der Waals surface area contributed by atoms with E-state index >= 15 is 0 Å². The smallest absolute Gasteiger partial charge is 0.231 e. The van der Waals surface area contributed by atoms with Gasteiger partial charge in [0.2, 0.25) is 5.91 Å². The molecule has 5 rings (SSSR count). The summed E-state index contributed by atoms with van der Waals surface area (Å²) in [5.41, 5.74) is 11.5. The van der Waals surface area contributed by atoms with E-state index in [0.29, 0.717) is 38.4 Å². The number of primary amides is 1. The summed E-state index contributed by atoms with van der Waals surface area (Å²) in [5.74, 6) is -0.372. The van der Waals surface area contributed by atoms with Crippen LogP contribution in [0.4, 0.5) is 4.39 Å². The first kappa shape index (κ1) is 19.4. The van der Waals surface area contributed by atoms with Crippen LogP contribution in [-0.4, -0.2) is 29.1 Å². The van der Waals surface area contributed by atoms with E-state index < -0.39 is 16.9 Å². The van der Waals surface area contributed by atoms with Gasteiger partial charge in [-0.3, -0.25) is 4.79 Å². The molecule has 1 saturated carbocycles. The number of nitrogens with zero attached hydrogens (tertiary/aromatic N) is 1. The average molecular weight is 428 g/mol. The predicted molar refractivity (Wildman–Crippen MR) is 113 cm³/mol. The minimum absolute atomic E-state index is 0.00997. The summed E-state index contributed by atoms with van der Waals surface area (Å²) >= 11 is 1.28. The van der Waals surface area contributed by atoms with Crippen LogP contribution in [0, 0.1) is 11.7 Å². The summed E-state index contributed by atoms with van der Waals surface area (Å²) in [6.45, 7) is 1.81. The molecular weight excluding hydrogens is 405 g/mol. The van der Waals surface area contributed by atoms with Gasteiger partial charge >= 0.3 is 0 Å². The van der Waals surface area contributed by atoms with Crippen molar-refractivity contribution in [3.63, 3.8) is 0 Å². The molecule has 1 aromatic carbocycles. The lowest BCUT2D eigenvalue weighted by atomic mass is 9.81. The maximum atomic E-state index is 14.3. The van der Waals surface area contributed by atoms with E-state index in [-0.39, 0.29) is 24.9 Å². The lowest BCUT2D eigenvalue weighted by Crippen LogP contribution is -2.41. The number of amides is 1. The quantitative estimate of drug-likeness (QED) is 0.580. The van der Waals surface area contributed by atoms with Crippen LogP contribution >= 0.6 is 11.3 Å². The molecule has 3 heterocycles. The molecule has 0 bridgehead atoms. The molecule has 2 atom stereocenters. The number of nitrogens with two attached hydrogens (primary N) is 2. The van der Waals surface area contributed by atoms with Gasteiger partial charge in [-0.1, -0.05) is 12.1 Å². The molecule has 1 aliphatic carbocycles. The number of thiophene rings is 1. The zero-order valence-electron chi connectivity index (χ0n) is 16.4. The fraction of sp³-hybridized carbons (Fsp3) is 0.364. The molecule has 8 heteroatoms. The topological polar surface area (TPSA) is 111 Å². The van der Waals surface area contributed by atoms with Crippen molar-refractivity contribution in [2.45, 2.75) is 30.8 Å². The number of carbonyl (C=O) groups is 1. The van der Waals surface area contributed by atoms with Gasteiger partial charge in [0, 0.05) is 28.4 Å². The molecule has 3 aromatic rings. The number of pyridine rings is 1. The number of halogens is 1. The van der Waals surface area contributed by atoms with E-state index in [4.69, 9.17) is 21.2 Å². The summed E-state index contributed by atoms with van der Waals surface area (Å²) in [7, 11) is 0. The van der Waals surface area contributed by atoms with E-state index in [0.717, 1.165) is 12.8 Å². The fourth-order valence-corrected chi connectivity index (χ4v) is 5.20. The monoisotopic (exact) mass is 427 g/mol. The van der Waals surface area contributed by atoms with Crippen molar-refractivity contribution in [2.24, 2.45) is 17.4 Å². The molecule has 156 valence electrons. The molecule has 6 nitrogen and oxygen atoms in total. The number of hydrogen-bond donors (Lipinski definition) is 3. The zero-order chi connectivity index (χ0) is 21.3. The van der Waals surface area contributed by atoms with E-state index in [2.05, 4.69) is 0 Å².